The Bertz CT molecular complexity index is 1430. The summed E-state index contributed by atoms with van der Waals surface area (Å²) in [5.74, 6) is 0.745. The molecular formula is C26H26N6S. The largest absolute Gasteiger partial charge is 0.340 e. The molecule has 0 saturated heterocycles. The van der Waals surface area contributed by atoms with E-state index in [1.165, 1.54) is 10.5 Å². The van der Waals surface area contributed by atoms with Gasteiger partial charge in [0.1, 0.15) is 5.69 Å². The average molecular weight is 455 g/mol. The van der Waals surface area contributed by atoms with Crippen LogP contribution in [-0.4, -0.2) is 38.2 Å². The van der Waals surface area contributed by atoms with Gasteiger partial charge in [-0.05, 0) is 61.7 Å². The average Bonchev–Trinajstić information content (AvgIpc) is 3.56. The van der Waals surface area contributed by atoms with Crippen LogP contribution < -0.4 is 5.32 Å². The maximum absolute atomic E-state index is 4.98. The first kappa shape index (κ1) is 21.3. The number of allylic oxidation sites excluding steroid dienone is 3. The molecular weight excluding hydrogens is 428 g/mol. The molecule has 6 nitrogen and oxygen atoms in total. The number of hydrogen-bond acceptors (Lipinski definition) is 5. The highest BCUT2D eigenvalue weighted by atomic mass is 32.1. The van der Waals surface area contributed by atoms with Crippen LogP contribution in [0.25, 0.3) is 39.3 Å². The van der Waals surface area contributed by atoms with Crippen molar-refractivity contribution >= 4 is 39.1 Å². The summed E-state index contributed by atoms with van der Waals surface area (Å²) in [4.78, 5) is 15.3. The third-order valence-corrected chi connectivity index (χ3v) is 7.08. The van der Waals surface area contributed by atoms with Crippen molar-refractivity contribution in [1.82, 2.24) is 30.5 Å². The van der Waals surface area contributed by atoms with E-state index in [4.69, 9.17) is 4.98 Å². The van der Waals surface area contributed by atoms with Crippen molar-refractivity contribution in [2.24, 2.45) is 0 Å². The lowest BCUT2D eigenvalue weighted by atomic mass is 10.0. The second kappa shape index (κ2) is 8.77. The Morgan fingerprint density at radius 1 is 1.24 bits per heavy atom. The molecule has 3 N–H and O–H groups in total. The number of nitrogens with zero attached hydrogens (tertiary/aromatic N) is 3. The van der Waals surface area contributed by atoms with E-state index in [1.807, 2.05) is 26.1 Å². The molecule has 0 atom stereocenters. The number of aromatic amines is 2. The van der Waals surface area contributed by atoms with Gasteiger partial charge >= 0.3 is 0 Å². The number of imidazole rings is 1. The van der Waals surface area contributed by atoms with Gasteiger partial charge in [0.05, 0.1) is 11.1 Å². The zero-order valence-electron chi connectivity index (χ0n) is 18.8. The van der Waals surface area contributed by atoms with Crippen LogP contribution in [0.15, 0.2) is 55.8 Å². The summed E-state index contributed by atoms with van der Waals surface area (Å²) in [6.07, 6.45) is 8.94. The van der Waals surface area contributed by atoms with E-state index in [0.29, 0.717) is 5.65 Å². The van der Waals surface area contributed by atoms with Crippen LogP contribution in [-0.2, 0) is 0 Å². The minimum atomic E-state index is 0.685. The zero-order valence-corrected chi connectivity index (χ0v) is 19.6. The van der Waals surface area contributed by atoms with Crippen molar-refractivity contribution in [2.45, 2.75) is 20.3 Å². The van der Waals surface area contributed by atoms with Crippen LogP contribution in [0.5, 0.6) is 0 Å². The first-order valence-corrected chi connectivity index (χ1v) is 11.8. The second-order valence-corrected chi connectivity index (χ2v) is 9.28. The third-order valence-electron chi connectivity index (χ3n) is 5.80. The highest BCUT2D eigenvalue weighted by molar-refractivity contribution is 7.14. The molecule has 5 rings (SSSR count). The summed E-state index contributed by atoms with van der Waals surface area (Å²) in [5.41, 5.74) is 7.94. The Labute approximate surface area is 196 Å². The molecule has 7 heteroatoms. The van der Waals surface area contributed by atoms with Crippen molar-refractivity contribution in [3.8, 4) is 11.5 Å². The maximum Gasteiger partial charge on any atom is 0.181 e. The van der Waals surface area contributed by atoms with E-state index in [1.54, 1.807) is 17.4 Å². The molecule has 166 valence electrons. The maximum atomic E-state index is 4.98. The van der Waals surface area contributed by atoms with Gasteiger partial charge in [-0.2, -0.15) is 5.10 Å². The third kappa shape index (κ3) is 4.01. The van der Waals surface area contributed by atoms with E-state index in [2.05, 4.69) is 62.9 Å². The van der Waals surface area contributed by atoms with Gasteiger partial charge in [0.2, 0.25) is 0 Å². The van der Waals surface area contributed by atoms with E-state index in [0.717, 1.165) is 69.4 Å². The number of aryl methyl sites for hydroxylation is 1. The van der Waals surface area contributed by atoms with Crippen LogP contribution in [0.4, 0.5) is 0 Å². The van der Waals surface area contributed by atoms with Gasteiger partial charge < -0.3 is 10.3 Å². The quantitative estimate of drug-likeness (QED) is 0.324. The highest BCUT2D eigenvalue weighted by Crippen LogP contribution is 2.35. The lowest BCUT2D eigenvalue weighted by Gasteiger charge is -2.13. The van der Waals surface area contributed by atoms with Gasteiger partial charge in [0.25, 0.3) is 0 Å². The highest BCUT2D eigenvalue weighted by Gasteiger charge is 2.19. The molecule has 0 spiro atoms. The normalized spacial score (nSPS) is 14.5. The molecule has 0 aromatic carbocycles. The molecule has 0 aliphatic carbocycles. The molecule has 0 saturated carbocycles. The summed E-state index contributed by atoms with van der Waals surface area (Å²) in [6, 6.07) is 6.38. The lowest BCUT2D eigenvalue weighted by molar-refractivity contribution is 0.738. The lowest BCUT2D eigenvalue weighted by Crippen LogP contribution is -2.20. The summed E-state index contributed by atoms with van der Waals surface area (Å²) in [6.45, 7) is 13.9. The Morgan fingerprint density at radius 3 is 2.82 bits per heavy atom. The fraction of sp³-hybridized carbons (Fsp3) is 0.192. The standard InChI is InChI=1S/C26H26N6S/c1-5-6-19(22-8-7-21(33-22)15(2)3)23-16(4)29-26(30-23)24-20-13-18(14-28-25(20)32-31-24)17-9-11-27-12-10-17/h5-9,13-14,27H,1-2,10-12H2,3-4H3,(H,29,30)(H,28,31,32)/b19-6-. The second-order valence-electron chi connectivity index (χ2n) is 8.20. The van der Waals surface area contributed by atoms with Gasteiger partial charge in [-0.3, -0.25) is 5.10 Å². The minimum Gasteiger partial charge on any atom is -0.340 e. The smallest absolute Gasteiger partial charge is 0.181 e. The number of fused-ring (bicyclic) bond motifs is 1. The van der Waals surface area contributed by atoms with Crippen LogP contribution in [0, 0.1) is 6.92 Å². The summed E-state index contributed by atoms with van der Waals surface area (Å²) in [7, 11) is 0. The Kier molecular flexibility index (Phi) is 5.66. The van der Waals surface area contributed by atoms with E-state index >= 15 is 0 Å². The van der Waals surface area contributed by atoms with E-state index in [9.17, 15) is 0 Å². The van der Waals surface area contributed by atoms with Crippen molar-refractivity contribution in [2.75, 3.05) is 13.1 Å². The number of H-pyrrole nitrogens is 2. The zero-order chi connectivity index (χ0) is 22.9. The number of aromatic nitrogens is 5. The van der Waals surface area contributed by atoms with Gasteiger partial charge in [0, 0.05) is 33.8 Å². The van der Waals surface area contributed by atoms with Crippen LogP contribution >= 0.6 is 11.3 Å². The van der Waals surface area contributed by atoms with Crippen molar-refractivity contribution in [1.29, 1.82) is 0 Å². The molecule has 1 aliphatic heterocycles. The Hall–Kier alpha value is -3.55. The SMILES string of the molecule is C=C/C=C(/c1ccc(C(=C)C)s1)c1nc(-c2[nH]nc3ncc(C4=CCNCC4)cc23)[nH]c1C. The number of hydrogen-bond donors (Lipinski definition) is 3. The summed E-state index contributed by atoms with van der Waals surface area (Å²) in [5, 5.41) is 11.9. The van der Waals surface area contributed by atoms with E-state index < -0.39 is 0 Å². The molecule has 0 unspecified atom stereocenters. The van der Waals surface area contributed by atoms with Gasteiger partial charge in [-0.25, -0.2) is 9.97 Å². The number of pyridine rings is 1. The fourth-order valence-electron chi connectivity index (χ4n) is 4.09. The predicted molar refractivity (Wildman–Crippen MR) is 138 cm³/mol. The summed E-state index contributed by atoms with van der Waals surface area (Å²) < 4.78 is 0. The van der Waals surface area contributed by atoms with Gasteiger partial charge in [0.15, 0.2) is 11.5 Å². The van der Waals surface area contributed by atoms with Crippen LogP contribution in [0.2, 0.25) is 0 Å². The fourth-order valence-corrected chi connectivity index (χ4v) is 5.05. The molecule has 33 heavy (non-hydrogen) atoms. The number of nitrogens with one attached hydrogen (secondary N) is 3. The van der Waals surface area contributed by atoms with Gasteiger partial charge in [-0.15, -0.1) is 11.3 Å². The van der Waals surface area contributed by atoms with Crippen molar-refractivity contribution in [3.05, 3.63) is 82.5 Å². The molecule has 1 aliphatic rings. The monoisotopic (exact) mass is 454 g/mol. The van der Waals surface area contributed by atoms with Crippen molar-refractivity contribution < 1.29 is 0 Å². The molecule has 0 fully saturated rings. The Morgan fingerprint density at radius 2 is 2.09 bits per heavy atom. The topological polar surface area (TPSA) is 82.3 Å². The van der Waals surface area contributed by atoms with Crippen LogP contribution in [0.1, 0.15) is 40.1 Å². The molecule has 4 aromatic rings. The van der Waals surface area contributed by atoms with E-state index in [-0.39, 0.29) is 0 Å². The Balaban J connectivity index is 1.57. The molecule has 0 radical (unpaired) electrons. The molecule has 4 aromatic heterocycles. The summed E-state index contributed by atoms with van der Waals surface area (Å²) >= 11 is 1.71. The molecule has 0 bridgehead atoms. The minimum absolute atomic E-state index is 0.685. The first-order valence-electron chi connectivity index (χ1n) is 11.0. The van der Waals surface area contributed by atoms with Crippen LogP contribution in [0.3, 0.4) is 0 Å². The first-order chi connectivity index (χ1) is 16.0. The predicted octanol–water partition coefficient (Wildman–Crippen LogP) is 5.75. The number of rotatable bonds is 6. The van der Waals surface area contributed by atoms with Gasteiger partial charge in [-0.1, -0.05) is 31.4 Å². The van der Waals surface area contributed by atoms with Crippen molar-refractivity contribution in [3.63, 3.8) is 0 Å². The molecule has 5 heterocycles. The molecule has 0 amide bonds. The number of thiophene rings is 1.